The Labute approximate surface area is 447 Å². The topological polar surface area (TPSA) is 0 Å². The molecule has 0 amide bonds. The largest absolute Gasteiger partial charge is 0.135 e. The predicted molar refractivity (Wildman–Crippen MR) is 321 cm³/mol. The maximum absolute atomic E-state index is 2.77. The van der Waals surface area contributed by atoms with Crippen molar-refractivity contribution in [2.24, 2.45) is 0 Å². The lowest BCUT2D eigenvalue weighted by atomic mass is 9.72. The quantitative estimate of drug-likeness (QED) is 0.165. The van der Waals surface area contributed by atoms with Crippen molar-refractivity contribution in [2.75, 3.05) is 0 Å². The molecule has 17 rings (SSSR count). The zero-order chi connectivity index (χ0) is 49.4. The van der Waals surface area contributed by atoms with Crippen molar-refractivity contribution in [3.63, 3.8) is 0 Å². The van der Waals surface area contributed by atoms with E-state index in [0.717, 1.165) is 0 Å². The molecule has 0 atom stereocenters. The monoisotopic (exact) mass is 994 g/mol. The summed E-state index contributed by atoms with van der Waals surface area (Å²) in [5, 5.41) is 5.42. The van der Waals surface area contributed by atoms with Gasteiger partial charge in [0.05, 0.1) is 0 Å². The first-order chi connectivity index (χ1) is 36.8. The van der Waals surface area contributed by atoms with Crippen LogP contribution in [0.15, 0.2) is 194 Å². The number of hydrogen-bond donors (Lipinski definition) is 0. The van der Waals surface area contributed by atoms with Gasteiger partial charge in [-0.3, -0.25) is 0 Å². The van der Waals surface area contributed by atoms with Crippen LogP contribution in [0.2, 0.25) is 0 Å². The summed E-state index contributed by atoms with van der Waals surface area (Å²) in [7, 11) is 0. The highest BCUT2D eigenvalue weighted by atomic mass is 32.1. The van der Waals surface area contributed by atoms with E-state index in [9.17, 15) is 0 Å². The van der Waals surface area contributed by atoms with Gasteiger partial charge in [-0.15, -0.1) is 22.7 Å². The third-order valence-electron chi connectivity index (χ3n) is 19.4. The zero-order valence-corrected chi connectivity index (χ0v) is 44.1. The van der Waals surface area contributed by atoms with E-state index >= 15 is 0 Å². The molecule has 358 valence electrons. The standard InChI is InChI=1S/C73H54S2/c1-71(2)61-15-7-6-14-51(61)52-25-21-47(34-62(52)71)48-22-27-54-58-39-57-53-26-20-46(35-63(53)72(30-8-9-31-72)65(57)41-66(58)73(64(54)36-48)32-10-11-33-73)44-16-18-45(19-17-44)50-24-29-56-60-40-59-55-28-23-49(43-12-4-3-5-13-43)37-67(55)74-69(59)42-70(60)75-68(56)38-50/h3-7,12-29,34-42H,8-11,30-33H2,1-2H3. The first kappa shape index (κ1) is 42.9. The molecule has 2 saturated carbocycles. The Bertz CT molecular complexity index is 4430. The molecule has 0 saturated heterocycles. The molecule has 2 spiro atoms. The van der Waals surface area contributed by atoms with Gasteiger partial charge in [0.25, 0.3) is 0 Å². The predicted octanol–water partition coefficient (Wildman–Crippen LogP) is 21.1. The molecule has 2 heteroatoms. The Morgan fingerprint density at radius 1 is 0.267 bits per heavy atom. The third kappa shape index (κ3) is 5.93. The maximum atomic E-state index is 2.77. The Morgan fingerprint density at radius 3 is 1.20 bits per heavy atom. The van der Waals surface area contributed by atoms with Crippen LogP contribution in [-0.2, 0) is 16.2 Å². The van der Waals surface area contributed by atoms with Crippen LogP contribution in [0.25, 0.3) is 118 Å². The van der Waals surface area contributed by atoms with Crippen molar-refractivity contribution >= 4 is 63.0 Å². The van der Waals surface area contributed by atoms with Crippen molar-refractivity contribution < 1.29 is 0 Å². The fourth-order valence-electron chi connectivity index (χ4n) is 15.6. The number of hydrogen-bond acceptors (Lipinski definition) is 2. The van der Waals surface area contributed by atoms with Gasteiger partial charge in [-0.2, -0.15) is 0 Å². The van der Waals surface area contributed by atoms with E-state index in [1.54, 1.807) is 22.3 Å². The van der Waals surface area contributed by atoms with E-state index in [0.29, 0.717) is 0 Å². The molecule has 0 radical (unpaired) electrons. The lowest BCUT2D eigenvalue weighted by Gasteiger charge is -2.31. The summed E-state index contributed by atoms with van der Waals surface area (Å²) in [6.07, 6.45) is 10.1. The van der Waals surface area contributed by atoms with Crippen LogP contribution in [0.5, 0.6) is 0 Å². The van der Waals surface area contributed by atoms with Gasteiger partial charge in [-0.05, 0) is 185 Å². The van der Waals surface area contributed by atoms with E-state index in [4.69, 9.17) is 0 Å². The van der Waals surface area contributed by atoms with Crippen molar-refractivity contribution in [1.82, 2.24) is 0 Å². The summed E-state index contributed by atoms with van der Waals surface area (Å²) >= 11 is 3.84. The minimum Gasteiger partial charge on any atom is -0.135 e. The second kappa shape index (κ2) is 15.4. The van der Waals surface area contributed by atoms with Gasteiger partial charge >= 0.3 is 0 Å². The van der Waals surface area contributed by atoms with Crippen molar-refractivity contribution in [1.29, 1.82) is 0 Å². The molecule has 12 aromatic rings. The first-order valence-corrected chi connectivity index (χ1v) is 29.2. The molecular weight excluding hydrogens is 941 g/mol. The third-order valence-corrected chi connectivity index (χ3v) is 21.6. The summed E-state index contributed by atoms with van der Waals surface area (Å²) < 4.78 is 5.43. The second-order valence-electron chi connectivity index (χ2n) is 23.4. The van der Waals surface area contributed by atoms with E-state index in [-0.39, 0.29) is 16.2 Å². The van der Waals surface area contributed by atoms with Crippen LogP contribution in [0.1, 0.15) is 98.6 Å². The summed E-state index contributed by atoms with van der Waals surface area (Å²) in [6, 6.07) is 75.9. The van der Waals surface area contributed by atoms with E-state index in [1.807, 2.05) is 22.7 Å². The number of fused-ring (bicyclic) bond motifs is 19. The molecule has 0 bridgehead atoms. The Balaban J connectivity index is 0.696. The van der Waals surface area contributed by atoms with Gasteiger partial charge in [0.15, 0.2) is 0 Å². The van der Waals surface area contributed by atoms with Gasteiger partial charge in [0.2, 0.25) is 0 Å². The lowest BCUT2D eigenvalue weighted by Crippen LogP contribution is -2.24. The molecule has 10 aromatic carbocycles. The van der Waals surface area contributed by atoms with E-state index < -0.39 is 0 Å². The smallest absolute Gasteiger partial charge is 0.0369 e. The minimum atomic E-state index is -0.0115. The fourth-order valence-corrected chi connectivity index (χ4v) is 18.1. The molecule has 2 heterocycles. The van der Waals surface area contributed by atoms with Crippen LogP contribution in [-0.4, -0.2) is 0 Å². The molecular formula is C73H54S2. The first-order valence-electron chi connectivity index (χ1n) is 27.5. The number of rotatable bonds is 4. The highest BCUT2D eigenvalue weighted by Gasteiger charge is 2.50. The zero-order valence-electron chi connectivity index (χ0n) is 42.4. The summed E-state index contributed by atoms with van der Waals surface area (Å²) in [5.74, 6) is 0. The molecule has 0 aliphatic heterocycles. The molecule has 5 aliphatic rings. The molecule has 2 fully saturated rings. The minimum absolute atomic E-state index is 0.0115. The summed E-state index contributed by atoms with van der Waals surface area (Å²) in [5.41, 5.74) is 28.5. The number of thiophene rings is 2. The van der Waals surface area contributed by atoms with E-state index in [2.05, 4.69) is 208 Å². The van der Waals surface area contributed by atoms with Crippen molar-refractivity contribution in [3.8, 4) is 77.9 Å². The van der Waals surface area contributed by atoms with Crippen LogP contribution < -0.4 is 0 Å². The Hall–Kier alpha value is -7.36. The SMILES string of the molecule is CC1(C)c2ccccc2-c2ccc(-c3ccc4c(c3)C3(CCCC3)c3cc5c(cc3-4)-c3ccc(-c4ccc(-c6ccc7c(c6)sc6cc8sc9cc(-c%10ccccc%10)ccc9c8cc67)cc4)cc3C53CCCC3)cc21. The molecule has 0 nitrogen and oxygen atoms in total. The molecule has 75 heavy (non-hydrogen) atoms. The normalized spacial score (nSPS) is 16.8. The van der Waals surface area contributed by atoms with Crippen molar-refractivity contribution in [3.05, 3.63) is 228 Å². The van der Waals surface area contributed by atoms with Crippen LogP contribution >= 0.6 is 22.7 Å². The summed E-state index contributed by atoms with van der Waals surface area (Å²) in [4.78, 5) is 0. The van der Waals surface area contributed by atoms with Gasteiger partial charge in [-0.1, -0.05) is 185 Å². The average molecular weight is 995 g/mol. The van der Waals surface area contributed by atoms with Gasteiger partial charge in [-0.25, -0.2) is 0 Å². The van der Waals surface area contributed by atoms with Gasteiger partial charge in [0, 0.05) is 56.6 Å². The fraction of sp³-hybridized carbons (Fsp3) is 0.178. The van der Waals surface area contributed by atoms with Crippen molar-refractivity contribution in [2.45, 2.75) is 81.5 Å². The van der Waals surface area contributed by atoms with E-state index in [1.165, 1.54) is 181 Å². The number of benzene rings is 10. The van der Waals surface area contributed by atoms with Crippen LogP contribution in [0.3, 0.4) is 0 Å². The molecule has 0 N–H and O–H groups in total. The maximum Gasteiger partial charge on any atom is 0.0369 e. The Kier molecular flexibility index (Phi) is 8.80. The average Bonchev–Trinajstić information content (AvgIpc) is 4.42. The molecule has 2 aromatic heterocycles. The molecule has 5 aliphatic carbocycles. The van der Waals surface area contributed by atoms with Crippen LogP contribution in [0, 0.1) is 0 Å². The second-order valence-corrected chi connectivity index (χ2v) is 25.6. The highest BCUT2D eigenvalue weighted by molar-refractivity contribution is 7.28. The van der Waals surface area contributed by atoms with Crippen LogP contribution in [0.4, 0.5) is 0 Å². The van der Waals surface area contributed by atoms with Gasteiger partial charge < -0.3 is 0 Å². The Morgan fingerprint density at radius 2 is 0.653 bits per heavy atom. The molecule has 0 unspecified atom stereocenters. The highest BCUT2D eigenvalue weighted by Crippen LogP contribution is 2.64. The lowest BCUT2D eigenvalue weighted by molar-refractivity contribution is 0.533. The summed E-state index contributed by atoms with van der Waals surface area (Å²) in [6.45, 7) is 4.80. The van der Waals surface area contributed by atoms with Gasteiger partial charge in [0.1, 0.15) is 0 Å².